The second-order valence-corrected chi connectivity index (χ2v) is 5.79. The van der Waals surface area contributed by atoms with Crippen LogP contribution in [0.3, 0.4) is 0 Å². The Morgan fingerprint density at radius 2 is 1.96 bits per heavy atom. The van der Waals surface area contributed by atoms with Gasteiger partial charge in [-0.2, -0.15) is 0 Å². The van der Waals surface area contributed by atoms with Gasteiger partial charge in [-0.05, 0) is 31.5 Å². The van der Waals surface area contributed by atoms with Gasteiger partial charge < -0.3 is 29.6 Å². The average Bonchev–Trinajstić information content (AvgIpc) is 2.65. The monoisotopic (exact) mass is 378 g/mol. The van der Waals surface area contributed by atoms with Crippen LogP contribution in [0.25, 0.3) is 0 Å². The molecule has 1 saturated heterocycles. The minimum absolute atomic E-state index is 0.129. The van der Waals surface area contributed by atoms with E-state index >= 15 is 0 Å². The molecule has 2 atom stereocenters. The fraction of sp³-hybridized carbons (Fsp3) is 0.474. The summed E-state index contributed by atoms with van der Waals surface area (Å²) >= 11 is 0. The molecule has 0 bridgehead atoms. The highest BCUT2D eigenvalue weighted by atomic mass is 16.6. The van der Waals surface area contributed by atoms with E-state index < -0.39 is 24.0 Å². The Labute approximate surface area is 158 Å². The zero-order valence-electron chi connectivity index (χ0n) is 15.9. The SMILES string of the molecule is C=C1NC(=O)N[C@H](c2ccc(OCC)c(OC)c2)[C@H]1C(=O)OCCOCC. The molecule has 1 aliphatic heterocycles. The maximum Gasteiger partial charge on any atom is 0.319 e. The van der Waals surface area contributed by atoms with E-state index in [2.05, 4.69) is 17.2 Å². The van der Waals surface area contributed by atoms with Crippen LogP contribution in [0.4, 0.5) is 4.79 Å². The van der Waals surface area contributed by atoms with Crippen LogP contribution in [0.2, 0.25) is 0 Å². The van der Waals surface area contributed by atoms with Gasteiger partial charge >= 0.3 is 12.0 Å². The molecule has 1 aromatic carbocycles. The molecule has 1 aliphatic rings. The molecule has 0 saturated carbocycles. The molecular weight excluding hydrogens is 352 g/mol. The first-order chi connectivity index (χ1) is 13.0. The van der Waals surface area contributed by atoms with E-state index in [1.807, 2.05) is 13.8 Å². The van der Waals surface area contributed by atoms with E-state index in [4.69, 9.17) is 18.9 Å². The van der Waals surface area contributed by atoms with Crippen LogP contribution in [-0.2, 0) is 14.3 Å². The number of methoxy groups -OCH3 is 1. The number of hydrogen-bond acceptors (Lipinski definition) is 6. The number of carbonyl (C=O) groups is 2. The second-order valence-electron chi connectivity index (χ2n) is 5.79. The standard InChI is InChI=1S/C19H26N2O6/c1-5-25-9-10-27-18(22)16-12(3)20-19(23)21-17(16)13-7-8-14(26-6-2)15(11-13)24-4/h7-8,11,16-17H,3,5-6,9-10H2,1-2,4H3,(H2,20,21,23)/t16-,17+/m0/s1. The molecule has 0 unspecified atom stereocenters. The Morgan fingerprint density at radius 1 is 1.19 bits per heavy atom. The number of hydrogen-bond donors (Lipinski definition) is 2. The zero-order valence-corrected chi connectivity index (χ0v) is 15.9. The highest BCUT2D eigenvalue weighted by Crippen LogP contribution is 2.35. The molecule has 1 fully saturated rings. The summed E-state index contributed by atoms with van der Waals surface area (Å²) in [7, 11) is 1.53. The van der Waals surface area contributed by atoms with Crippen molar-refractivity contribution < 1.29 is 28.5 Å². The van der Waals surface area contributed by atoms with Crippen molar-refractivity contribution in [3.63, 3.8) is 0 Å². The van der Waals surface area contributed by atoms with Gasteiger partial charge in [0, 0.05) is 12.3 Å². The van der Waals surface area contributed by atoms with Gasteiger partial charge in [0.25, 0.3) is 0 Å². The van der Waals surface area contributed by atoms with E-state index in [0.29, 0.717) is 36.9 Å². The van der Waals surface area contributed by atoms with E-state index in [-0.39, 0.29) is 12.3 Å². The van der Waals surface area contributed by atoms with Crippen LogP contribution in [0, 0.1) is 5.92 Å². The molecule has 1 aromatic rings. The number of esters is 1. The van der Waals surface area contributed by atoms with Crippen molar-refractivity contribution in [2.24, 2.45) is 5.92 Å². The number of urea groups is 1. The zero-order chi connectivity index (χ0) is 19.8. The van der Waals surface area contributed by atoms with Gasteiger partial charge in [0.15, 0.2) is 11.5 Å². The molecular formula is C19H26N2O6. The van der Waals surface area contributed by atoms with Gasteiger partial charge in [0.2, 0.25) is 0 Å². The predicted molar refractivity (Wildman–Crippen MR) is 98.7 cm³/mol. The third-order valence-electron chi connectivity index (χ3n) is 4.05. The van der Waals surface area contributed by atoms with E-state index in [0.717, 1.165) is 0 Å². The Hall–Kier alpha value is -2.74. The summed E-state index contributed by atoms with van der Waals surface area (Å²) < 4.78 is 21.3. The summed E-state index contributed by atoms with van der Waals surface area (Å²) in [6.07, 6.45) is 0. The minimum atomic E-state index is -0.785. The predicted octanol–water partition coefficient (Wildman–Crippen LogP) is 2.16. The number of nitrogens with one attached hydrogen (secondary N) is 2. The second kappa shape index (κ2) is 9.82. The lowest BCUT2D eigenvalue weighted by molar-refractivity contribution is -0.150. The van der Waals surface area contributed by atoms with Crippen molar-refractivity contribution in [2.45, 2.75) is 19.9 Å². The summed E-state index contributed by atoms with van der Waals surface area (Å²) in [5.41, 5.74) is 0.955. The number of benzene rings is 1. The summed E-state index contributed by atoms with van der Waals surface area (Å²) in [5.74, 6) is -0.188. The van der Waals surface area contributed by atoms with Crippen LogP contribution in [0.1, 0.15) is 25.5 Å². The highest BCUT2D eigenvalue weighted by molar-refractivity contribution is 5.85. The van der Waals surface area contributed by atoms with E-state index in [1.165, 1.54) is 7.11 Å². The molecule has 0 radical (unpaired) electrons. The van der Waals surface area contributed by atoms with Gasteiger partial charge in [-0.15, -0.1) is 0 Å². The lowest BCUT2D eigenvalue weighted by Crippen LogP contribution is -2.51. The normalized spacial score (nSPS) is 19.1. The summed E-state index contributed by atoms with van der Waals surface area (Å²) in [5, 5.41) is 5.30. The topological polar surface area (TPSA) is 95.1 Å². The molecule has 2 N–H and O–H groups in total. The first-order valence-corrected chi connectivity index (χ1v) is 8.83. The number of amides is 2. The van der Waals surface area contributed by atoms with Crippen molar-refractivity contribution in [1.82, 2.24) is 10.6 Å². The van der Waals surface area contributed by atoms with Gasteiger partial charge in [0.1, 0.15) is 12.5 Å². The molecule has 2 amide bonds. The van der Waals surface area contributed by atoms with Crippen molar-refractivity contribution in [3.8, 4) is 11.5 Å². The highest BCUT2D eigenvalue weighted by Gasteiger charge is 2.39. The maximum absolute atomic E-state index is 12.6. The third-order valence-corrected chi connectivity index (χ3v) is 4.05. The van der Waals surface area contributed by atoms with Crippen molar-refractivity contribution in [2.75, 3.05) is 33.5 Å². The lowest BCUT2D eigenvalue weighted by Gasteiger charge is -2.33. The van der Waals surface area contributed by atoms with E-state index in [1.54, 1.807) is 18.2 Å². The molecule has 2 rings (SSSR count). The Bertz CT molecular complexity index is 691. The van der Waals surface area contributed by atoms with Crippen LogP contribution < -0.4 is 20.1 Å². The van der Waals surface area contributed by atoms with Gasteiger partial charge in [-0.1, -0.05) is 12.6 Å². The molecule has 8 nitrogen and oxygen atoms in total. The minimum Gasteiger partial charge on any atom is -0.493 e. The molecule has 0 aromatic heterocycles. The van der Waals surface area contributed by atoms with Gasteiger partial charge in [0.05, 0.1) is 26.4 Å². The average molecular weight is 378 g/mol. The van der Waals surface area contributed by atoms with Gasteiger partial charge in [-0.3, -0.25) is 4.79 Å². The molecule has 0 spiro atoms. The quantitative estimate of drug-likeness (QED) is 0.505. The van der Waals surface area contributed by atoms with Gasteiger partial charge in [-0.25, -0.2) is 4.79 Å². The van der Waals surface area contributed by atoms with Crippen LogP contribution in [-0.4, -0.2) is 45.5 Å². The molecule has 148 valence electrons. The fourth-order valence-corrected chi connectivity index (χ4v) is 2.83. The molecule has 8 heteroatoms. The maximum atomic E-state index is 12.6. The Balaban J connectivity index is 2.25. The fourth-order valence-electron chi connectivity index (χ4n) is 2.83. The third kappa shape index (κ3) is 5.13. The first kappa shape index (κ1) is 20.6. The largest absolute Gasteiger partial charge is 0.493 e. The Kier molecular flexibility index (Phi) is 7.48. The smallest absolute Gasteiger partial charge is 0.319 e. The summed E-state index contributed by atoms with van der Waals surface area (Å²) in [4.78, 5) is 24.5. The van der Waals surface area contributed by atoms with Crippen LogP contribution >= 0.6 is 0 Å². The van der Waals surface area contributed by atoms with Crippen LogP contribution in [0.15, 0.2) is 30.5 Å². The Morgan fingerprint density at radius 3 is 2.63 bits per heavy atom. The molecule has 1 heterocycles. The van der Waals surface area contributed by atoms with Crippen molar-refractivity contribution >= 4 is 12.0 Å². The number of carbonyl (C=O) groups excluding carboxylic acids is 2. The summed E-state index contributed by atoms with van der Waals surface area (Å²) in [6, 6.07) is 4.17. The molecule has 27 heavy (non-hydrogen) atoms. The van der Waals surface area contributed by atoms with Crippen molar-refractivity contribution in [1.29, 1.82) is 0 Å². The van der Waals surface area contributed by atoms with Crippen LogP contribution in [0.5, 0.6) is 11.5 Å². The molecule has 0 aliphatic carbocycles. The lowest BCUT2D eigenvalue weighted by atomic mass is 9.89. The van der Waals surface area contributed by atoms with Crippen molar-refractivity contribution in [3.05, 3.63) is 36.0 Å². The number of ether oxygens (including phenoxy) is 4. The first-order valence-electron chi connectivity index (χ1n) is 8.83. The van der Waals surface area contributed by atoms with E-state index in [9.17, 15) is 9.59 Å². The number of rotatable bonds is 9. The summed E-state index contributed by atoms with van der Waals surface area (Å²) in [6.45, 7) is 9.02.